The molecule has 0 N–H and O–H groups in total. The number of carbonyl (C=O) groups excluding carboxylic acids is 1. The molecule has 1 saturated carbocycles. The Morgan fingerprint density at radius 3 is 1.63 bits per heavy atom. The van der Waals surface area contributed by atoms with E-state index in [0.29, 0.717) is 12.4 Å². The number of hydrogen-bond donors (Lipinski definition) is 0. The van der Waals surface area contributed by atoms with Crippen LogP contribution in [0.1, 0.15) is 71.1 Å². The summed E-state index contributed by atoms with van der Waals surface area (Å²) in [6.45, 7) is 2.55. The second-order valence-electron chi connectivity index (χ2n) is 10.5. The summed E-state index contributed by atoms with van der Waals surface area (Å²) < 4.78 is 185. The summed E-state index contributed by atoms with van der Waals surface area (Å²) in [5.74, 6) is -41.6. The molecule has 0 heterocycles. The summed E-state index contributed by atoms with van der Waals surface area (Å²) in [4.78, 5) is 12.4. The number of alkyl halides is 13. The van der Waals surface area contributed by atoms with E-state index < -0.39 is 79.3 Å². The van der Waals surface area contributed by atoms with Gasteiger partial charge in [0.15, 0.2) is 0 Å². The SMILES string of the molecule is CCCCCCCCOc1ccc(OC(=O)C2CCC(C(F)(F)C(F)(F)C(F)(F)C(F)(F)C(F)(F)C(F)(F)F)CC2)cc1. The van der Waals surface area contributed by atoms with E-state index in [1.165, 1.54) is 24.3 Å². The molecule has 1 aromatic rings. The molecule has 0 spiro atoms. The predicted molar refractivity (Wildman–Crippen MR) is 127 cm³/mol. The van der Waals surface area contributed by atoms with Gasteiger partial charge in [-0.05, 0) is 56.4 Å². The van der Waals surface area contributed by atoms with Crippen molar-refractivity contribution in [1.82, 2.24) is 0 Å². The monoisotopic (exact) mass is 650 g/mol. The number of carbonyl (C=O) groups is 1. The van der Waals surface area contributed by atoms with Crippen LogP contribution in [0.2, 0.25) is 0 Å². The van der Waals surface area contributed by atoms with E-state index in [0.717, 1.165) is 38.5 Å². The second-order valence-corrected chi connectivity index (χ2v) is 10.5. The third kappa shape index (κ3) is 7.63. The predicted octanol–water partition coefficient (Wildman–Crippen LogP) is 9.88. The summed E-state index contributed by atoms with van der Waals surface area (Å²) >= 11 is 0. The highest BCUT2D eigenvalue weighted by atomic mass is 19.4. The Bertz CT molecular complexity index is 1030. The van der Waals surface area contributed by atoms with Gasteiger partial charge in [0, 0.05) is 5.92 Å². The zero-order valence-electron chi connectivity index (χ0n) is 22.9. The smallest absolute Gasteiger partial charge is 0.460 e. The van der Waals surface area contributed by atoms with Crippen LogP contribution < -0.4 is 9.47 Å². The molecule has 0 radical (unpaired) electrons. The van der Waals surface area contributed by atoms with Crippen molar-refractivity contribution in [2.45, 2.75) is 107 Å². The van der Waals surface area contributed by atoms with Crippen molar-refractivity contribution in [3.05, 3.63) is 24.3 Å². The highest BCUT2D eigenvalue weighted by molar-refractivity contribution is 5.75. The van der Waals surface area contributed by atoms with Crippen LogP contribution in [0, 0.1) is 11.8 Å². The fourth-order valence-corrected chi connectivity index (χ4v) is 4.61. The molecule has 0 saturated heterocycles. The van der Waals surface area contributed by atoms with Crippen LogP contribution in [0.4, 0.5) is 57.1 Å². The van der Waals surface area contributed by atoms with Crippen molar-refractivity contribution in [2.75, 3.05) is 6.61 Å². The Labute approximate surface area is 239 Å². The first-order chi connectivity index (χ1) is 19.6. The highest BCUT2D eigenvalue weighted by Crippen LogP contribution is 2.62. The molecular weight excluding hydrogens is 619 g/mol. The average Bonchev–Trinajstić information content (AvgIpc) is 2.92. The number of rotatable bonds is 15. The molecule has 0 bridgehead atoms. The maximum atomic E-state index is 14.5. The molecule has 1 fully saturated rings. The van der Waals surface area contributed by atoms with Gasteiger partial charge in [0.25, 0.3) is 0 Å². The number of benzene rings is 1. The number of esters is 1. The van der Waals surface area contributed by atoms with Gasteiger partial charge < -0.3 is 9.47 Å². The molecule has 1 aliphatic rings. The summed E-state index contributed by atoms with van der Waals surface area (Å²) in [5, 5.41) is 0. The minimum absolute atomic E-state index is 0.00312. The molecule has 0 aliphatic heterocycles. The van der Waals surface area contributed by atoms with Crippen LogP contribution in [0.3, 0.4) is 0 Å². The average molecular weight is 651 g/mol. The molecule has 16 heteroatoms. The van der Waals surface area contributed by atoms with Crippen LogP contribution >= 0.6 is 0 Å². The van der Waals surface area contributed by atoms with Gasteiger partial charge in [0.1, 0.15) is 11.5 Å². The normalized spacial score (nSPS) is 19.3. The fraction of sp³-hybridized carbons (Fsp3) is 0.741. The van der Waals surface area contributed by atoms with Crippen molar-refractivity contribution < 1.29 is 71.3 Å². The standard InChI is InChI=1S/C27H31F13O3/c1-2-3-4-5-6-7-16-42-19-12-14-20(15-13-19)43-21(41)17-8-10-18(11-9-17)22(28,29)23(30,31)24(32,33)25(34,35)26(36,37)27(38,39)40/h12-15,17-18H,2-11,16H2,1H3. The van der Waals surface area contributed by atoms with Crippen molar-refractivity contribution >= 4 is 5.97 Å². The van der Waals surface area contributed by atoms with Crippen LogP contribution in [-0.2, 0) is 4.79 Å². The molecule has 0 unspecified atom stereocenters. The van der Waals surface area contributed by atoms with Gasteiger partial charge in [-0.3, -0.25) is 4.79 Å². The fourth-order valence-electron chi connectivity index (χ4n) is 4.61. The van der Waals surface area contributed by atoms with Crippen LogP contribution in [0.25, 0.3) is 0 Å². The Balaban J connectivity index is 1.97. The number of ether oxygens (including phenoxy) is 2. The highest BCUT2D eigenvalue weighted by Gasteiger charge is 2.91. The van der Waals surface area contributed by atoms with Crippen molar-refractivity contribution in [2.24, 2.45) is 11.8 Å². The summed E-state index contributed by atoms with van der Waals surface area (Å²) in [6, 6.07) is 5.68. The van der Waals surface area contributed by atoms with E-state index in [1.54, 1.807) is 0 Å². The third-order valence-corrected chi connectivity index (χ3v) is 7.34. The zero-order valence-corrected chi connectivity index (χ0v) is 22.9. The molecule has 0 aromatic heterocycles. The van der Waals surface area contributed by atoms with Crippen LogP contribution in [0.15, 0.2) is 24.3 Å². The van der Waals surface area contributed by atoms with E-state index in [1.807, 2.05) is 0 Å². The van der Waals surface area contributed by atoms with E-state index in [4.69, 9.17) is 9.47 Å². The lowest BCUT2D eigenvalue weighted by molar-refractivity contribution is -0.443. The van der Waals surface area contributed by atoms with E-state index in [2.05, 4.69) is 6.92 Å². The Morgan fingerprint density at radius 2 is 1.12 bits per heavy atom. The van der Waals surface area contributed by atoms with Gasteiger partial charge >= 0.3 is 41.8 Å². The minimum Gasteiger partial charge on any atom is -0.494 e. The van der Waals surface area contributed by atoms with Crippen molar-refractivity contribution in [1.29, 1.82) is 0 Å². The van der Waals surface area contributed by atoms with E-state index in [9.17, 15) is 61.9 Å². The molecule has 1 aliphatic carbocycles. The van der Waals surface area contributed by atoms with Gasteiger partial charge in [-0.2, -0.15) is 57.1 Å². The largest absolute Gasteiger partial charge is 0.494 e. The first kappa shape index (κ1) is 36.8. The van der Waals surface area contributed by atoms with Gasteiger partial charge in [0.2, 0.25) is 0 Å². The summed E-state index contributed by atoms with van der Waals surface area (Å²) in [7, 11) is 0. The Morgan fingerprint density at radius 1 is 0.651 bits per heavy atom. The topological polar surface area (TPSA) is 35.5 Å². The molecule has 0 atom stereocenters. The van der Waals surface area contributed by atoms with Gasteiger partial charge in [0.05, 0.1) is 12.5 Å². The molecular formula is C27H31F13O3. The minimum atomic E-state index is -7.93. The van der Waals surface area contributed by atoms with Crippen molar-refractivity contribution in [3.63, 3.8) is 0 Å². The van der Waals surface area contributed by atoms with Gasteiger partial charge in [-0.15, -0.1) is 0 Å². The Kier molecular flexibility index (Phi) is 11.7. The Hall–Kier alpha value is -2.42. The molecule has 43 heavy (non-hydrogen) atoms. The molecule has 3 nitrogen and oxygen atoms in total. The molecule has 0 amide bonds. The number of hydrogen-bond acceptors (Lipinski definition) is 3. The first-order valence-electron chi connectivity index (χ1n) is 13.6. The zero-order chi connectivity index (χ0) is 32.9. The number of halogens is 13. The van der Waals surface area contributed by atoms with Crippen molar-refractivity contribution in [3.8, 4) is 11.5 Å². The molecule has 1 aromatic carbocycles. The van der Waals surface area contributed by atoms with Gasteiger partial charge in [-0.1, -0.05) is 39.0 Å². The maximum absolute atomic E-state index is 14.5. The van der Waals surface area contributed by atoms with Crippen LogP contribution in [0.5, 0.6) is 11.5 Å². The van der Waals surface area contributed by atoms with Gasteiger partial charge in [-0.25, -0.2) is 0 Å². The van der Waals surface area contributed by atoms with E-state index in [-0.39, 0.29) is 5.75 Å². The number of unbranched alkanes of at least 4 members (excludes halogenated alkanes) is 5. The molecule has 2 rings (SSSR count). The maximum Gasteiger partial charge on any atom is 0.460 e. The van der Waals surface area contributed by atoms with Crippen LogP contribution in [-0.4, -0.2) is 48.4 Å². The quantitative estimate of drug-likeness (QED) is 0.0821. The van der Waals surface area contributed by atoms with E-state index >= 15 is 0 Å². The summed E-state index contributed by atoms with van der Waals surface area (Å²) in [6.07, 6.45) is -4.78. The molecule has 248 valence electrons. The third-order valence-electron chi connectivity index (χ3n) is 7.34. The lowest BCUT2D eigenvalue weighted by Crippen LogP contribution is -2.71. The first-order valence-corrected chi connectivity index (χ1v) is 13.6. The lowest BCUT2D eigenvalue weighted by atomic mass is 9.75. The lowest BCUT2D eigenvalue weighted by Gasteiger charge is -2.43. The second kappa shape index (κ2) is 13.7. The summed E-state index contributed by atoms with van der Waals surface area (Å²) in [5.41, 5.74) is 0.